The van der Waals surface area contributed by atoms with Crippen LogP contribution >= 0.6 is 0 Å². The monoisotopic (exact) mass is 273 g/mol. The third-order valence-corrected chi connectivity index (χ3v) is 3.49. The van der Waals surface area contributed by atoms with Gasteiger partial charge in [-0.15, -0.1) is 0 Å². The third-order valence-electron chi connectivity index (χ3n) is 3.49. The lowest BCUT2D eigenvalue weighted by Gasteiger charge is -2.41. The highest BCUT2D eigenvalue weighted by atomic mass is 16.6. The Morgan fingerprint density at radius 1 is 1.45 bits per heavy atom. The van der Waals surface area contributed by atoms with Crippen molar-refractivity contribution in [3.05, 3.63) is 17.7 Å². The lowest BCUT2D eigenvalue weighted by molar-refractivity contribution is 0.282. The normalized spacial score (nSPS) is 15.3. The van der Waals surface area contributed by atoms with Crippen LogP contribution in [0.1, 0.15) is 5.56 Å². The number of aromatic nitrogens is 2. The van der Waals surface area contributed by atoms with Crippen molar-refractivity contribution < 1.29 is 9.74 Å². The van der Waals surface area contributed by atoms with Crippen LogP contribution < -0.4 is 10.2 Å². The fourth-order valence-corrected chi connectivity index (χ4v) is 2.46. The molecule has 0 radical (unpaired) electrons. The average molecular weight is 273 g/mol. The summed E-state index contributed by atoms with van der Waals surface area (Å²) in [7, 11) is 0. The molecule has 0 unspecified atom stereocenters. The number of hydrogen-bond donors (Lipinski definition) is 2. The number of anilines is 1. The predicted octanol–water partition coefficient (Wildman–Crippen LogP) is 0.113. The fourth-order valence-electron chi connectivity index (χ4n) is 2.46. The second-order valence-corrected chi connectivity index (χ2v) is 4.94. The van der Waals surface area contributed by atoms with Gasteiger partial charge in [-0.3, -0.25) is 0 Å². The summed E-state index contributed by atoms with van der Waals surface area (Å²) in [5.41, 5.74) is 2.77. The molecule has 0 spiro atoms. The van der Waals surface area contributed by atoms with Gasteiger partial charge in [0.05, 0.1) is 23.9 Å². The molecule has 0 saturated carbocycles. The molecule has 1 fully saturated rings. The van der Waals surface area contributed by atoms with Gasteiger partial charge in [-0.05, 0) is 22.4 Å². The van der Waals surface area contributed by atoms with Gasteiger partial charge in [-0.2, -0.15) is 5.26 Å². The Morgan fingerprint density at radius 3 is 3.05 bits per heavy atom. The smallest absolute Gasteiger partial charge is 0.158 e. The molecule has 2 aromatic rings. The lowest BCUT2D eigenvalue weighted by Crippen LogP contribution is -2.51. The van der Waals surface area contributed by atoms with Crippen molar-refractivity contribution in [2.75, 3.05) is 37.7 Å². The molecular formula is C13H15N5O2. The third kappa shape index (κ3) is 2.31. The molecule has 2 N–H and O–H groups in total. The van der Waals surface area contributed by atoms with Crippen molar-refractivity contribution in [3.8, 4) is 6.07 Å². The first-order chi connectivity index (χ1) is 9.81. The minimum absolute atomic E-state index is 0.159. The summed E-state index contributed by atoms with van der Waals surface area (Å²) in [6, 6.07) is 5.63. The van der Waals surface area contributed by atoms with Crippen LogP contribution in [0.15, 0.2) is 16.8 Å². The molecule has 1 saturated heterocycles. The Morgan fingerprint density at radius 2 is 2.30 bits per heavy atom. The van der Waals surface area contributed by atoms with E-state index in [4.69, 9.17) is 15.0 Å². The van der Waals surface area contributed by atoms with E-state index in [-0.39, 0.29) is 6.61 Å². The Kier molecular flexibility index (Phi) is 3.50. The van der Waals surface area contributed by atoms with Gasteiger partial charge in [-0.1, -0.05) is 0 Å². The molecule has 0 bridgehead atoms. The highest BCUT2D eigenvalue weighted by Gasteiger charge is 2.29. The van der Waals surface area contributed by atoms with E-state index in [0.717, 1.165) is 25.3 Å². The summed E-state index contributed by atoms with van der Waals surface area (Å²) >= 11 is 0. The highest BCUT2D eigenvalue weighted by molar-refractivity contribution is 5.89. The summed E-state index contributed by atoms with van der Waals surface area (Å²) < 4.78 is 4.75. The molecule has 0 aliphatic carbocycles. The molecule has 1 aliphatic rings. The molecular weight excluding hydrogens is 258 g/mol. The summed E-state index contributed by atoms with van der Waals surface area (Å²) in [4.78, 5) is 2.17. The van der Waals surface area contributed by atoms with E-state index in [1.165, 1.54) is 0 Å². The first-order valence-corrected chi connectivity index (χ1v) is 6.54. The molecule has 7 heteroatoms. The molecule has 3 rings (SSSR count). The average Bonchev–Trinajstić information content (AvgIpc) is 2.88. The summed E-state index contributed by atoms with van der Waals surface area (Å²) in [6.07, 6.45) is 0. The zero-order valence-electron chi connectivity index (χ0n) is 10.9. The van der Waals surface area contributed by atoms with Crippen molar-refractivity contribution in [2.45, 2.75) is 0 Å². The molecule has 2 heterocycles. The molecule has 20 heavy (non-hydrogen) atoms. The molecule has 1 aliphatic heterocycles. The van der Waals surface area contributed by atoms with E-state index in [9.17, 15) is 0 Å². The van der Waals surface area contributed by atoms with Crippen molar-refractivity contribution >= 4 is 16.7 Å². The van der Waals surface area contributed by atoms with Gasteiger partial charge < -0.3 is 15.3 Å². The van der Waals surface area contributed by atoms with Crippen LogP contribution in [0.4, 0.5) is 5.69 Å². The first-order valence-electron chi connectivity index (χ1n) is 6.54. The fraction of sp³-hybridized carbons (Fsp3) is 0.462. The van der Waals surface area contributed by atoms with E-state index < -0.39 is 0 Å². The Labute approximate surface area is 115 Å². The Balaban J connectivity index is 1.72. The minimum Gasteiger partial charge on any atom is -0.395 e. The van der Waals surface area contributed by atoms with Gasteiger partial charge in [0.1, 0.15) is 5.52 Å². The van der Waals surface area contributed by atoms with Crippen molar-refractivity contribution in [1.82, 2.24) is 15.6 Å². The lowest BCUT2D eigenvalue weighted by atomic mass is 9.98. The number of nitrogens with one attached hydrogen (secondary N) is 1. The van der Waals surface area contributed by atoms with Crippen LogP contribution in [-0.2, 0) is 0 Å². The highest BCUT2D eigenvalue weighted by Crippen LogP contribution is 2.31. The number of nitrogens with zero attached hydrogens (tertiary/aromatic N) is 4. The number of benzene rings is 1. The first kappa shape index (κ1) is 12.8. The minimum atomic E-state index is 0.159. The number of fused-ring (bicyclic) bond motifs is 1. The van der Waals surface area contributed by atoms with Crippen molar-refractivity contribution in [1.29, 1.82) is 5.26 Å². The molecule has 7 nitrogen and oxygen atoms in total. The van der Waals surface area contributed by atoms with Crippen LogP contribution in [0.25, 0.3) is 11.0 Å². The van der Waals surface area contributed by atoms with Gasteiger partial charge >= 0.3 is 0 Å². The van der Waals surface area contributed by atoms with Crippen molar-refractivity contribution in [3.63, 3.8) is 0 Å². The second-order valence-electron chi connectivity index (χ2n) is 4.94. The maximum absolute atomic E-state index is 9.05. The van der Waals surface area contributed by atoms with Crippen molar-refractivity contribution in [2.24, 2.45) is 5.92 Å². The molecule has 1 aromatic heterocycles. The topological polar surface area (TPSA) is 98.2 Å². The zero-order chi connectivity index (χ0) is 13.9. The van der Waals surface area contributed by atoms with Crippen LogP contribution in [0, 0.1) is 17.2 Å². The van der Waals surface area contributed by atoms with E-state index in [2.05, 4.69) is 26.6 Å². The summed E-state index contributed by atoms with van der Waals surface area (Å²) in [5.74, 6) is 0.544. The van der Waals surface area contributed by atoms with Gasteiger partial charge in [0.2, 0.25) is 0 Å². The van der Waals surface area contributed by atoms with E-state index in [1.54, 1.807) is 6.07 Å². The molecule has 1 aromatic carbocycles. The summed E-state index contributed by atoms with van der Waals surface area (Å²) in [6.45, 7) is 3.46. The SMILES string of the molecule is N#Cc1cc(N2CC(CNCCO)C2)c2nonc2c1. The van der Waals surface area contributed by atoms with Crippen LogP contribution in [0.2, 0.25) is 0 Å². The number of hydrogen-bond acceptors (Lipinski definition) is 7. The standard InChI is InChI=1S/C13H15N5O2/c14-5-9-3-11-13(17-20-16-11)12(4-9)18-7-10(8-18)6-15-1-2-19/h3-4,10,15,19H,1-2,6-8H2. The van der Waals surface area contributed by atoms with Crippen LogP contribution in [0.3, 0.4) is 0 Å². The van der Waals surface area contributed by atoms with Gasteiger partial charge in [0, 0.05) is 32.1 Å². The van der Waals surface area contributed by atoms with E-state index in [1.807, 2.05) is 6.07 Å². The predicted molar refractivity (Wildman–Crippen MR) is 72.2 cm³/mol. The summed E-state index contributed by atoms with van der Waals surface area (Å²) in [5, 5.41) is 28.7. The van der Waals surface area contributed by atoms with Crippen LogP contribution in [0.5, 0.6) is 0 Å². The number of rotatable bonds is 5. The number of aliphatic hydroxyl groups excluding tert-OH is 1. The largest absolute Gasteiger partial charge is 0.395 e. The van der Waals surface area contributed by atoms with E-state index >= 15 is 0 Å². The van der Waals surface area contributed by atoms with E-state index in [0.29, 0.717) is 29.1 Å². The molecule has 0 atom stereocenters. The maximum Gasteiger partial charge on any atom is 0.158 e. The molecule has 104 valence electrons. The van der Waals surface area contributed by atoms with Gasteiger partial charge in [-0.25, -0.2) is 4.63 Å². The van der Waals surface area contributed by atoms with Gasteiger partial charge in [0.15, 0.2) is 5.52 Å². The zero-order valence-corrected chi connectivity index (χ0v) is 10.9. The quantitative estimate of drug-likeness (QED) is 0.746. The number of aliphatic hydroxyl groups is 1. The maximum atomic E-state index is 9.05. The number of nitriles is 1. The second kappa shape index (κ2) is 5.45. The Bertz CT molecular complexity index is 642. The Hall–Kier alpha value is -2.17. The molecule has 0 amide bonds. The van der Waals surface area contributed by atoms with Gasteiger partial charge in [0.25, 0.3) is 0 Å². The van der Waals surface area contributed by atoms with Crippen LogP contribution in [-0.4, -0.2) is 48.2 Å².